The molecule has 0 radical (unpaired) electrons. The Morgan fingerprint density at radius 2 is 1.91 bits per heavy atom. The van der Waals surface area contributed by atoms with Crippen LogP contribution in [0.5, 0.6) is 0 Å². The van der Waals surface area contributed by atoms with Gasteiger partial charge in [0, 0.05) is 24.7 Å². The number of aryl methyl sites for hydroxylation is 1. The fourth-order valence-corrected chi connectivity index (χ4v) is 2.52. The zero-order valence-electron chi connectivity index (χ0n) is 12.2. The Morgan fingerprint density at radius 1 is 1.13 bits per heavy atom. The number of nitrogens with one attached hydrogen (secondary N) is 1. The Balaban J connectivity index is 1.85. The lowest BCUT2D eigenvalue weighted by Crippen LogP contribution is -2.05. The van der Waals surface area contributed by atoms with Gasteiger partial charge < -0.3 is 15.0 Å². The first-order chi connectivity index (χ1) is 11.2. The van der Waals surface area contributed by atoms with Crippen molar-refractivity contribution < 1.29 is 5.11 Å². The van der Waals surface area contributed by atoms with Gasteiger partial charge in [0.05, 0.1) is 6.33 Å². The number of anilines is 1. The molecule has 0 amide bonds. The minimum Gasteiger partial charge on any atom is -0.396 e. The summed E-state index contributed by atoms with van der Waals surface area (Å²) in [6, 6.07) is 7.56. The molecule has 0 atom stereocenters. The summed E-state index contributed by atoms with van der Waals surface area (Å²) in [6.45, 7) is 1.31. The first kappa shape index (κ1) is 16.0. The highest BCUT2D eigenvalue weighted by Gasteiger charge is 2.12. The smallest absolute Gasteiger partial charge is 0.226 e. The van der Waals surface area contributed by atoms with Crippen LogP contribution in [0.3, 0.4) is 0 Å². The molecule has 1 aromatic carbocycles. The maximum Gasteiger partial charge on any atom is 0.226 e. The van der Waals surface area contributed by atoms with Crippen molar-refractivity contribution in [2.75, 3.05) is 11.9 Å². The summed E-state index contributed by atoms with van der Waals surface area (Å²) in [5.74, 6) is 0.581. The molecule has 2 aromatic heterocycles. The minimum absolute atomic E-state index is 0.111. The molecule has 2 heterocycles. The average molecular weight is 352 g/mol. The van der Waals surface area contributed by atoms with E-state index in [4.69, 9.17) is 28.3 Å². The third kappa shape index (κ3) is 3.72. The predicted octanol–water partition coefficient (Wildman–Crippen LogP) is 3.13. The number of fused-ring (bicyclic) bond motifs is 1. The van der Waals surface area contributed by atoms with E-state index in [1.54, 1.807) is 6.33 Å². The van der Waals surface area contributed by atoms with Crippen LogP contribution in [0.4, 0.5) is 5.82 Å². The molecule has 0 aliphatic heterocycles. The lowest BCUT2D eigenvalue weighted by atomic mass is 10.2. The van der Waals surface area contributed by atoms with Gasteiger partial charge in [0.25, 0.3) is 0 Å². The van der Waals surface area contributed by atoms with Crippen LogP contribution >= 0.6 is 23.2 Å². The van der Waals surface area contributed by atoms with Gasteiger partial charge in [-0.1, -0.05) is 23.7 Å². The van der Waals surface area contributed by atoms with E-state index in [1.807, 2.05) is 28.8 Å². The quantitative estimate of drug-likeness (QED) is 0.667. The molecule has 0 spiro atoms. The molecule has 0 bridgehead atoms. The van der Waals surface area contributed by atoms with E-state index in [-0.39, 0.29) is 11.9 Å². The van der Waals surface area contributed by atoms with Crippen LogP contribution in [0.1, 0.15) is 12.0 Å². The molecule has 23 heavy (non-hydrogen) atoms. The topological polar surface area (TPSA) is 75.9 Å². The van der Waals surface area contributed by atoms with Crippen molar-refractivity contribution in [2.45, 2.75) is 19.5 Å². The Labute approximate surface area is 143 Å². The van der Waals surface area contributed by atoms with Crippen molar-refractivity contribution in [1.82, 2.24) is 19.5 Å². The molecule has 0 saturated heterocycles. The lowest BCUT2D eigenvalue weighted by Gasteiger charge is -2.08. The molecule has 0 saturated carbocycles. The molecule has 0 unspecified atom stereocenters. The number of hydrogen-bond donors (Lipinski definition) is 2. The van der Waals surface area contributed by atoms with E-state index in [2.05, 4.69) is 20.3 Å². The number of aliphatic hydroxyl groups excluding tert-OH is 1. The molecular formula is C15H15Cl2N5O. The molecule has 2 N–H and O–H groups in total. The zero-order valence-corrected chi connectivity index (χ0v) is 13.7. The van der Waals surface area contributed by atoms with Gasteiger partial charge in [-0.3, -0.25) is 0 Å². The van der Waals surface area contributed by atoms with Gasteiger partial charge in [0.15, 0.2) is 17.0 Å². The second-order valence-corrected chi connectivity index (χ2v) is 5.78. The van der Waals surface area contributed by atoms with Crippen LogP contribution in [-0.4, -0.2) is 31.2 Å². The van der Waals surface area contributed by atoms with Gasteiger partial charge in [-0.15, -0.1) is 0 Å². The van der Waals surface area contributed by atoms with Crippen LogP contribution in [0.25, 0.3) is 11.2 Å². The van der Waals surface area contributed by atoms with Gasteiger partial charge in [0.2, 0.25) is 5.28 Å². The van der Waals surface area contributed by atoms with Gasteiger partial charge in [0.1, 0.15) is 0 Å². The summed E-state index contributed by atoms with van der Waals surface area (Å²) in [7, 11) is 0. The van der Waals surface area contributed by atoms with Crippen molar-refractivity contribution in [3.63, 3.8) is 0 Å². The highest BCUT2D eigenvalue weighted by molar-refractivity contribution is 6.30. The molecule has 3 aromatic rings. The largest absolute Gasteiger partial charge is 0.396 e. The molecule has 0 fully saturated rings. The van der Waals surface area contributed by atoms with E-state index in [9.17, 15) is 0 Å². The van der Waals surface area contributed by atoms with E-state index in [0.717, 1.165) is 5.56 Å². The van der Waals surface area contributed by atoms with Crippen molar-refractivity contribution in [3.05, 3.63) is 46.5 Å². The van der Waals surface area contributed by atoms with E-state index >= 15 is 0 Å². The van der Waals surface area contributed by atoms with Crippen molar-refractivity contribution in [2.24, 2.45) is 0 Å². The molecule has 0 aliphatic carbocycles. The number of rotatable bonds is 6. The van der Waals surface area contributed by atoms with E-state index < -0.39 is 0 Å². The summed E-state index contributed by atoms with van der Waals surface area (Å²) >= 11 is 11.9. The summed E-state index contributed by atoms with van der Waals surface area (Å²) < 4.78 is 1.85. The number of hydrogen-bond acceptors (Lipinski definition) is 5. The molecule has 8 heteroatoms. The van der Waals surface area contributed by atoms with Crippen LogP contribution in [0, 0.1) is 0 Å². The maximum absolute atomic E-state index is 8.96. The summed E-state index contributed by atoms with van der Waals surface area (Å²) in [4.78, 5) is 12.8. The molecule has 3 rings (SSSR count). The van der Waals surface area contributed by atoms with Gasteiger partial charge in [-0.25, -0.2) is 4.98 Å². The monoisotopic (exact) mass is 351 g/mol. The second-order valence-electron chi connectivity index (χ2n) is 5.01. The Bertz CT molecular complexity index is 803. The van der Waals surface area contributed by atoms with E-state index in [1.165, 1.54) is 0 Å². The third-order valence-corrected chi connectivity index (χ3v) is 3.79. The van der Waals surface area contributed by atoms with Crippen LogP contribution in [0.15, 0.2) is 30.6 Å². The normalized spacial score (nSPS) is 11.1. The fraction of sp³-hybridized carbons (Fsp3) is 0.267. The van der Waals surface area contributed by atoms with Crippen molar-refractivity contribution in [1.29, 1.82) is 0 Å². The first-order valence-corrected chi connectivity index (χ1v) is 7.90. The number of halogens is 2. The molecule has 6 nitrogen and oxygen atoms in total. The Hall–Kier alpha value is -1.89. The predicted molar refractivity (Wildman–Crippen MR) is 90.8 cm³/mol. The number of nitrogens with zero attached hydrogens (tertiary/aromatic N) is 4. The highest BCUT2D eigenvalue weighted by Crippen LogP contribution is 2.22. The Morgan fingerprint density at radius 3 is 2.65 bits per heavy atom. The second kappa shape index (κ2) is 7.12. The van der Waals surface area contributed by atoms with Gasteiger partial charge >= 0.3 is 0 Å². The number of aromatic nitrogens is 4. The van der Waals surface area contributed by atoms with Gasteiger partial charge in [-0.2, -0.15) is 9.97 Å². The average Bonchev–Trinajstić information content (AvgIpc) is 2.95. The SMILES string of the molecule is OCCCn1cnc2c(NCc3ccc(Cl)cc3)nc(Cl)nc21. The first-order valence-electron chi connectivity index (χ1n) is 7.15. The Kier molecular flexibility index (Phi) is 4.95. The fourth-order valence-electron chi connectivity index (χ4n) is 2.23. The van der Waals surface area contributed by atoms with Crippen LogP contribution < -0.4 is 5.32 Å². The highest BCUT2D eigenvalue weighted by atomic mass is 35.5. The van der Waals surface area contributed by atoms with Crippen LogP contribution in [-0.2, 0) is 13.1 Å². The summed E-state index contributed by atoms with van der Waals surface area (Å²) in [5.41, 5.74) is 2.37. The number of aliphatic hydroxyl groups is 1. The van der Waals surface area contributed by atoms with Crippen molar-refractivity contribution >= 4 is 40.2 Å². The minimum atomic E-state index is 0.111. The third-order valence-electron chi connectivity index (χ3n) is 3.37. The van der Waals surface area contributed by atoms with Crippen molar-refractivity contribution in [3.8, 4) is 0 Å². The summed E-state index contributed by atoms with van der Waals surface area (Å²) in [6.07, 6.45) is 2.30. The summed E-state index contributed by atoms with van der Waals surface area (Å²) in [5, 5.41) is 13.0. The zero-order chi connectivity index (χ0) is 16.2. The van der Waals surface area contributed by atoms with Crippen LogP contribution in [0.2, 0.25) is 10.3 Å². The number of benzene rings is 1. The van der Waals surface area contributed by atoms with E-state index in [0.29, 0.717) is 41.5 Å². The standard InChI is InChI=1S/C15H15Cl2N5O/c16-11-4-2-10(3-5-11)8-18-13-12-14(21-15(17)20-13)22(9-19-12)6-1-7-23/h2-5,9,23H,1,6-8H2,(H,18,20,21). The maximum atomic E-state index is 8.96. The molecule has 120 valence electrons. The van der Waals surface area contributed by atoms with Gasteiger partial charge in [-0.05, 0) is 35.7 Å². The molecular weight excluding hydrogens is 337 g/mol. The number of imidazole rings is 1. The molecule has 0 aliphatic rings. The lowest BCUT2D eigenvalue weighted by molar-refractivity contribution is 0.280.